The summed E-state index contributed by atoms with van der Waals surface area (Å²) in [5.41, 5.74) is 6.76. The van der Waals surface area contributed by atoms with Gasteiger partial charge in [0.1, 0.15) is 36.2 Å². The van der Waals surface area contributed by atoms with Crippen molar-refractivity contribution in [1.82, 2.24) is 20.2 Å². The monoisotopic (exact) mass is 522 g/mol. The molecular weight excluding hydrogens is 504 g/mol. The van der Waals surface area contributed by atoms with Crippen LogP contribution in [0, 0.1) is 6.92 Å². The number of nitrogens with one attached hydrogen (secondary N) is 1. The molecule has 0 aliphatic carbocycles. The van der Waals surface area contributed by atoms with E-state index >= 15 is 0 Å². The van der Waals surface area contributed by atoms with E-state index in [0.717, 1.165) is 17.0 Å². The third-order valence-corrected chi connectivity index (χ3v) is 7.32. The van der Waals surface area contributed by atoms with Crippen molar-refractivity contribution in [3.63, 3.8) is 0 Å². The van der Waals surface area contributed by atoms with Crippen LogP contribution in [0.3, 0.4) is 0 Å². The first-order valence-corrected chi connectivity index (χ1v) is 12.4. The number of fused-ring (bicyclic) bond motifs is 1. The minimum absolute atomic E-state index is 0.127. The van der Waals surface area contributed by atoms with Crippen molar-refractivity contribution in [3.8, 4) is 0 Å². The highest BCUT2D eigenvalue weighted by Crippen LogP contribution is 2.41. The number of amides is 2. The number of carbonyl (C=O) groups is 3. The number of rotatable bonds is 8. The molecule has 4 heterocycles. The van der Waals surface area contributed by atoms with Crippen LogP contribution in [0.15, 0.2) is 49.2 Å². The van der Waals surface area contributed by atoms with Gasteiger partial charge in [0.2, 0.25) is 0 Å². The van der Waals surface area contributed by atoms with Gasteiger partial charge >= 0.3 is 5.97 Å². The van der Waals surface area contributed by atoms with Gasteiger partial charge in [-0.2, -0.15) is 0 Å². The fourth-order valence-corrected chi connectivity index (χ4v) is 5.75. The highest BCUT2D eigenvalue weighted by molar-refractivity contribution is 8.02. The minimum Gasteiger partial charge on any atom is -0.477 e. The number of hydrogen-bond acceptors (Lipinski definition) is 12. The van der Waals surface area contributed by atoms with Crippen LogP contribution in [0.5, 0.6) is 0 Å². The Hall–Kier alpha value is -3.30. The number of carboxylic acids is 1. The van der Waals surface area contributed by atoms with Gasteiger partial charge in [0.05, 0.1) is 5.69 Å². The molecule has 0 aromatic carbocycles. The van der Waals surface area contributed by atoms with Gasteiger partial charge in [0, 0.05) is 11.1 Å². The number of aromatic nitrogens is 2. The first kappa shape index (κ1) is 23.8. The van der Waals surface area contributed by atoms with Gasteiger partial charge in [0.25, 0.3) is 17.0 Å². The Morgan fingerprint density at radius 1 is 1.47 bits per heavy atom. The molecule has 2 atom stereocenters. The highest BCUT2D eigenvalue weighted by atomic mass is 32.2. The number of nitrogens with zero attached hydrogens (tertiary/aromatic N) is 4. The second-order valence-corrected chi connectivity index (χ2v) is 9.76. The van der Waals surface area contributed by atoms with E-state index in [9.17, 15) is 19.5 Å². The zero-order valence-electron chi connectivity index (χ0n) is 17.8. The Bertz CT molecular complexity index is 1230. The lowest BCUT2D eigenvalue weighted by Crippen LogP contribution is -2.71. The van der Waals surface area contributed by atoms with Crippen LogP contribution < -0.4 is 11.1 Å². The number of thiazole rings is 1. The Morgan fingerprint density at radius 2 is 2.26 bits per heavy atom. The van der Waals surface area contributed by atoms with Crippen LogP contribution in [0.4, 0.5) is 5.13 Å². The predicted molar refractivity (Wildman–Crippen MR) is 126 cm³/mol. The third kappa shape index (κ3) is 4.67. The number of carboxylic acid groups (broad SMARTS) is 1. The Morgan fingerprint density at radius 3 is 2.88 bits per heavy atom. The summed E-state index contributed by atoms with van der Waals surface area (Å²) in [4.78, 5) is 51.7. The van der Waals surface area contributed by atoms with Crippen molar-refractivity contribution in [2.45, 2.75) is 23.6 Å². The van der Waals surface area contributed by atoms with Gasteiger partial charge in [-0.05, 0) is 35.7 Å². The number of thioether (sulfide) groups is 2. The fourth-order valence-electron chi connectivity index (χ4n) is 3.23. The molecule has 0 spiro atoms. The van der Waals surface area contributed by atoms with Crippen molar-refractivity contribution in [2.75, 3.05) is 18.6 Å². The third-order valence-electron chi connectivity index (χ3n) is 4.69. The molecule has 4 rings (SSSR count). The van der Waals surface area contributed by atoms with Crippen LogP contribution in [0.1, 0.15) is 11.4 Å². The molecule has 2 aliphatic heterocycles. The lowest BCUT2D eigenvalue weighted by molar-refractivity contribution is -0.150. The number of allylic oxidation sites excluding steroid dienone is 1. The number of carbonyl (C=O) groups excluding carboxylic acids is 2. The Labute approximate surface area is 205 Å². The van der Waals surface area contributed by atoms with Crippen molar-refractivity contribution >= 4 is 63.5 Å². The van der Waals surface area contributed by atoms with Gasteiger partial charge in [0.15, 0.2) is 10.8 Å². The minimum atomic E-state index is -1.24. The van der Waals surface area contributed by atoms with E-state index in [1.807, 2.05) is 0 Å². The molecule has 34 heavy (non-hydrogen) atoms. The number of β-lactam (4-membered cyclic amide) rings is 1. The molecule has 2 aliphatic rings. The molecule has 2 aromatic heterocycles. The Balaban J connectivity index is 1.49. The number of anilines is 1. The number of oxazole rings is 1. The van der Waals surface area contributed by atoms with E-state index < -0.39 is 29.2 Å². The van der Waals surface area contributed by atoms with Crippen molar-refractivity contribution in [2.24, 2.45) is 5.16 Å². The number of nitrogens with two attached hydrogens (primary N) is 1. The molecule has 2 amide bonds. The second-order valence-electron chi connectivity index (χ2n) is 6.91. The fraction of sp³-hybridized carbons (Fsp3) is 0.263. The highest BCUT2D eigenvalue weighted by Gasteiger charge is 2.54. The summed E-state index contributed by atoms with van der Waals surface area (Å²) in [6.07, 6.45) is 3.13. The maximum absolute atomic E-state index is 12.9. The van der Waals surface area contributed by atoms with E-state index in [1.165, 1.54) is 41.8 Å². The van der Waals surface area contributed by atoms with Crippen LogP contribution in [-0.4, -0.2) is 67.7 Å². The van der Waals surface area contributed by atoms with E-state index in [2.05, 4.69) is 20.4 Å². The molecule has 0 bridgehead atoms. The first-order valence-electron chi connectivity index (χ1n) is 9.60. The number of aliphatic carboxylic acids is 1. The Kier molecular flexibility index (Phi) is 6.95. The van der Waals surface area contributed by atoms with Gasteiger partial charge in [-0.3, -0.25) is 14.5 Å². The zero-order valence-corrected chi connectivity index (χ0v) is 20.2. The van der Waals surface area contributed by atoms with E-state index in [4.69, 9.17) is 15.0 Å². The number of aryl methyl sites for hydroxylation is 1. The SMILES string of the molecule is CO/N=C(\C(=O)NC1C(=O)N2C(C(=O)O)=C(/C=C/Sc3nc(C)co3)CSC12)c1csc(N)n1. The molecule has 4 N–H and O–H groups in total. The van der Waals surface area contributed by atoms with Gasteiger partial charge in [-0.15, -0.1) is 23.1 Å². The van der Waals surface area contributed by atoms with Crippen LogP contribution in [-0.2, 0) is 19.2 Å². The summed E-state index contributed by atoms with van der Waals surface area (Å²) >= 11 is 3.65. The summed E-state index contributed by atoms with van der Waals surface area (Å²) in [5.74, 6) is -2.14. The van der Waals surface area contributed by atoms with Crippen molar-refractivity contribution in [3.05, 3.63) is 45.8 Å². The van der Waals surface area contributed by atoms with E-state index in [1.54, 1.807) is 23.8 Å². The average molecular weight is 523 g/mol. The number of nitrogen functional groups attached to an aromatic ring is 1. The lowest BCUT2D eigenvalue weighted by Gasteiger charge is -2.49. The molecule has 1 saturated heterocycles. The molecule has 1 fully saturated rings. The smallest absolute Gasteiger partial charge is 0.352 e. The largest absolute Gasteiger partial charge is 0.477 e. The lowest BCUT2D eigenvalue weighted by atomic mass is 10.0. The second kappa shape index (κ2) is 9.90. The van der Waals surface area contributed by atoms with Gasteiger partial charge in [-0.25, -0.2) is 14.8 Å². The topological polar surface area (TPSA) is 173 Å². The molecule has 178 valence electrons. The van der Waals surface area contributed by atoms with Crippen LogP contribution in [0.2, 0.25) is 0 Å². The quantitative estimate of drug-likeness (QED) is 0.198. The maximum atomic E-state index is 12.9. The molecule has 15 heteroatoms. The zero-order chi connectivity index (χ0) is 24.4. The summed E-state index contributed by atoms with van der Waals surface area (Å²) in [7, 11) is 1.27. The number of oxime groups is 1. The van der Waals surface area contributed by atoms with E-state index in [-0.39, 0.29) is 22.2 Å². The predicted octanol–water partition coefficient (Wildman–Crippen LogP) is 1.42. The number of hydrogen-bond donors (Lipinski definition) is 3. The standard InChI is InChI=1S/C19H18N6O6S3/c1-8-5-31-19(21-8)32-4-3-9-6-33-16-12(15(27)25(16)13(9)17(28)29)23-14(26)11(24-30-2)10-7-34-18(20)22-10/h3-5,7,12,16H,6H2,1-2H3,(H2,20,22)(H,23,26)(H,28,29)/b4-3+,24-11-. The van der Waals surface area contributed by atoms with Crippen molar-refractivity contribution < 1.29 is 28.7 Å². The van der Waals surface area contributed by atoms with Gasteiger partial charge in [-0.1, -0.05) is 5.16 Å². The molecular formula is C19H18N6O6S3. The van der Waals surface area contributed by atoms with Crippen LogP contribution >= 0.6 is 34.9 Å². The maximum Gasteiger partial charge on any atom is 0.352 e. The van der Waals surface area contributed by atoms with Gasteiger partial charge < -0.3 is 25.4 Å². The van der Waals surface area contributed by atoms with Crippen LogP contribution in [0.25, 0.3) is 0 Å². The molecule has 0 radical (unpaired) electrons. The average Bonchev–Trinajstić information content (AvgIpc) is 3.42. The van der Waals surface area contributed by atoms with Crippen molar-refractivity contribution in [1.29, 1.82) is 0 Å². The normalized spacial score (nSPS) is 20.4. The summed E-state index contributed by atoms with van der Waals surface area (Å²) < 4.78 is 5.24. The molecule has 0 saturated carbocycles. The summed E-state index contributed by atoms with van der Waals surface area (Å²) in [6, 6.07) is -0.930. The summed E-state index contributed by atoms with van der Waals surface area (Å²) in [6.45, 7) is 1.79. The summed E-state index contributed by atoms with van der Waals surface area (Å²) in [5, 5.41) is 19.4. The van der Waals surface area contributed by atoms with E-state index in [0.29, 0.717) is 16.5 Å². The molecule has 2 aromatic rings. The molecule has 2 unspecified atom stereocenters. The molecule has 12 nitrogen and oxygen atoms in total. The first-order chi connectivity index (χ1) is 16.3.